The molecule has 0 fully saturated rings. The summed E-state index contributed by atoms with van der Waals surface area (Å²) < 4.78 is 0. The average molecular weight is 196 g/mol. The van der Waals surface area contributed by atoms with Crippen molar-refractivity contribution in [2.75, 3.05) is 0 Å². The highest BCUT2D eigenvalue weighted by Gasteiger charge is 2.15. The molecular weight excluding hydrogens is 176 g/mol. The normalized spacial score (nSPS) is 14.1. The summed E-state index contributed by atoms with van der Waals surface area (Å²) >= 11 is 0. The van der Waals surface area contributed by atoms with Crippen LogP contribution in [0.25, 0.3) is 0 Å². The fourth-order valence-electron chi connectivity index (χ4n) is 1.19. The van der Waals surface area contributed by atoms with E-state index in [1.54, 1.807) is 0 Å². The molecule has 0 bridgehead atoms. The molecule has 0 rings (SSSR count). The summed E-state index contributed by atoms with van der Waals surface area (Å²) in [5.74, 6) is 2.45. The first-order valence-corrected chi connectivity index (χ1v) is 5.15. The van der Waals surface area contributed by atoms with Crippen molar-refractivity contribution in [2.45, 2.75) is 51.6 Å². The monoisotopic (exact) mass is 196 g/mol. The Bertz CT molecular complexity index is 208. The summed E-state index contributed by atoms with van der Waals surface area (Å²) in [7, 11) is 0. The van der Waals surface area contributed by atoms with E-state index in [9.17, 15) is 4.79 Å². The first-order valence-electron chi connectivity index (χ1n) is 5.15. The Hall–Kier alpha value is -1.01. The van der Waals surface area contributed by atoms with Gasteiger partial charge in [-0.15, -0.1) is 12.3 Å². The Kier molecular flexibility index (Phi) is 6.87. The lowest BCUT2D eigenvalue weighted by Gasteiger charge is -2.17. The summed E-state index contributed by atoms with van der Waals surface area (Å²) in [6.07, 6.45) is 8.23. The molecule has 0 spiro atoms. The Balaban J connectivity index is 3.96. The van der Waals surface area contributed by atoms with Crippen LogP contribution in [0.4, 0.5) is 0 Å². The van der Waals surface area contributed by atoms with E-state index >= 15 is 0 Å². The lowest BCUT2D eigenvalue weighted by atomic mass is 10.1. The number of nitrogens with one attached hydrogen (secondary N) is 1. The fourth-order valence-corrected chi connectivity index (χ4v) is 1.19. The summed E-state index contributed by atoms with van der Waals surface area (Å²) in [6, 6.07) is -0.331. The predicted molar refractivity (Wildman–Crippen MR) is 58.6 cm³/mol. The van der Waals surface area contributed by atoms with E-state index in [1.807, 2.05) is 13.8 Å². The molecule has 0 saturated carbocycles. The van der Waals surface area contributed by atoms with E-state index < -0.39 is 6.04 Å². The van der Waals surface area contributed by atoms with Crippen LogP contribution in [0, 0.1) is 12.3 Å². The van der Waals surface area contributed by atoms with Gasteiger partial charge >= 0.3 is 0 Å². The van der Waals surface area contributed by atoms with Crippen LogP contribution in [0.2, 0.25) is 0 Å². The quantitative estimate of drug-likeness (QED) is 0.623. The van der Waals surface area contributed by atoms with Gasteiger partial charge in [0.15, 0.2) is 0 Å². The van der Waals surface area contributed by atoms with E-state index in [4.69, 9.17) is 12.2 Å². The molecule has 2 unspecified atom stereocenters. The van der Waals surface area contributed by atoms with Gasteiger partial charge in [0.05, 0.1) is 6.04 Å². The first-order chi connectivity index (χ1) is 6.65. The molecule has 2 atom stereocenters. The van der Waals surface area contributed by atoms with E-state index in [0.717, 1.165) is 19.3 Å². The zero-order chi connectivity index (χ0) is 11.0. The van der Waals surface area contributed by atoms with Crippen LogP contribution in [0.15, 0.2) is 0 Å². The second kappa shape index (κ2) is 7.40. The van der Waals surface area contributed by atoms with Gasteiger partial charge in [0.1, 0.15) is 0 Å². The Morgan fingerprint density at radius 2 is 2.21 bits per heavy atom. The van der Waals surface area contributed by atoms with E-state index in [1.165, 1.54) is 0 Å². The number of nitrogens with two attached hydrogens (primary N) is 1. The van der Waals surface area contributed by atoms with Gasteiger partial charge in [-0.25, -0.2) is 0 Å². The zero-order valence-corrected chi connectivity index (χ0v) is 9.05. The third-order valence-electron chi connectivity index (χ3n) is 2.14. The van der Waals surface area contributed by atoms with Gasteiger partial charge in [-0.2, -0.15) is 0 Å². The van der Waals surface area contributed by atoms with E-state index in [2.05, 4.69) is 11.2 Å². The van der Waals surface area contributed by atoms with Crippen molar-refractivity contribution in [3.63, 3.8) is 0 Å². The molecule has 0 aliphatic rings. The lowest BCUT2D eigenvalue weighted by molar-refractivity contribution is -0.123. The van der Waals surface area contributed by atoms with Crippen LogP contribution in [-0.4, -0.2) is 18.0 Å². The molecule has 3 nitrogen and oxygen atoms in total. The molecule has 0 radical (unpaired) electrons. The highest BCUT2D eigenvalue weighted by molar-refractivity contribution is 5.81. The molecule has 0 heterocycles. The van der Waals surface area contributed by atoms with E-state index in [0.29, 0.717) is 6.42 Å². The van der Waals surface area contributed by atoms with Crippen molar-refractivity contribution in [3.05, 3.63) is 0 Å². The third-order valence-corrected chi connectivity index (χ3v) is 2.14. The van der Waals surface area contributed by atoms with Crippen molar-refractivity contribution in [1.82, 2.24) is 5.32 Å². The molecule has 1 amide bonds. The predicted octanol–water partition coefficient (Wildman–Crippen LogP) is 1.03. The van der Waals surface area contributed by atoms with Crippen molar-refractivity contribution < 1.29 is 4.79 Å². The Morgan fingerprint density at radius 1 is 1.57 bits per heavy atom. The maximum absolute atomic E-state index is 11.5. The fraction of sp³-hybridized carbons (Fsp3) is 0.727. The van der Waals surface area contributed by atoms with Gasteiger partial charge in [0, 0.05) is 12.5 Å². The maximum atomic E-state index is 11.5. The summed E-state index contributed by atoms with van der Waals surface area (Å²) in [5.41, 5.74) is 5.66. The van der Waals surface area contributed by atoms with Crippen LogP contribution in [-0.2, 0) is 4.79 Å². The molecule has 0 aromatic carbocycles. The molecule has 0 aliphatic heterocycles. The van der Waals surface area contributed by atoms with Crippen LogP contribution < -0.4 is 11.1 Å². The minimum atomic E-state index is -0.396. The van der Waals surface area contributed by atoms with Gasteiger partial charge in [-0.1, -0.05) is 20.3 Å². The van der Waals surface area contributed by atoms with Crippen LogP contribution in [0.1, 0.15) is 39.5 Å². The Morgan fingerprint density at radius 3 is 2.64 bits per heavy atom. The highest BCUT2D eigenvalue weighted by Crippen LogP contribution is 1.99. The van der Waals surface area contributed by atoms with Gasteiger partial charge < -0.3 is 11.1 Å². The number of rotatable bonds is 6. The first kappa shape index (κ1) is 13.0. The van der Waals surface area contributed by atoms with Gasteiger partial charge in [-0.05, 0) is 12.8 Å². The lowest BCUT2D eigenvalue weighted by Crippen LogP contribution is -2.45. The highest BCUT2D eigenvalue weighted by atomic mass is 16.2. The molecular formula is C11H20N2O. The smallest absolute Gasteiger partial charge is 0.237 e. The number of hydrogen-bond donors (Lipinski definition) is 2. The molecule has 14 heavy (non-hydrogen) atoms. The van der Waals surface area contributed by atoms with Crippen molar-refractivity contribution in [3.8, 4) is 12.3 Å². The molecule has 80 valence electrons. The molecule has 0 aromatic rings. The zero-order valence-electron chi connectivity index (χ0n) is 9.05. The number of carbonyl (C=O) groups is 1. The maximum Gasteiger partial charge on any atom is 0.237 e. The van der Waals surface area contributed by atoms with Gasteiger partial charge in [0.2, 0.25) is 5.91 Å². The van der Waals surface area contributed by atoms with Crippen LogP contribution in [0.3, 0.4) is 0 Å². The third kappa shape index (κ3) is 4.88. The van der Waals surface area contributed by atoms with E-state index in [-0.39, 0.29) is 11.9 Å². The standard InChI is InChI=1S/C11H20N2O/c1-4-7-9(6-3)13-11(14)10(12)8-5-2/h1,9-10H,5-8,12H2,2-3H3,(H,13,14). The molecule has 0 aliphatic carbocycles. The summed E-state index contributed by atoms with van der Waals surface area (Å²) in [6.45, 7) is 4.00. The summed E-state index contributed by atoms with van der Waals surface area (Å²) in [4.78, 5) is 11.5. The molecule has 0 saturated heterocycles. The molecule has 3 heteroatoms. The topological polar surface area (TPSA) is 55.1 Å². The average Bonchev–Trinajstić information content (AvgIpc) is 2.17. The SMILES string of the molecule is C#CCC(CC)NC(=O)C(N)CCC. The number of amides is 1. The van der Waals surface area contributed by atoms with Crippen molar-refractivity contribution >= 4 is 5.91 Å². The minimum absolute atomic E-state index is 0.0652. The van der Waals surface area contributed by atoms with Crippen molar-refractivity contribution in [2.24, 2.45) is 5.73 Å². The summed E-state index contributed by atoms with van der Waals surface area (Å²) in [5, 5.41) is 2.85. The second-order valence-corrected chi connectivity index (χ2v) is 3.42. The molecule has 3 N–H and O–H groups in total. The largest absolute Gasteiger partial charge is 0.351 e. The molecule has 0 aromatic heterocycles. The van der Waals surface area contributed by atoms with Gasteiger partial charge in [0.25, 0.3) is 0 Å². The number of terminal acetylenes is 1. The second-order valence-electron chi connectivity index (χ2n) is 3.42. The minimum Gasteiger partial charge on any atom is -0.351 e. The Labute approximate surface area is 86.4 Å². The number of carbonyl (C=O) groups excluding carboxylic acids is 1. The van der Waals surface area contributed by atoms with Crippen molar-refractivity contribution in [1.29, 1.82) is 0 Å². The van der Waals surface area contributed by atoms with Crippen LogP contribution >= 0.6 is 0 Å². The van der Waals surface area contributed by atoms with Gasteiger partial charge in [-0.3, -0.25) is 4.79 Å². The number of hydrogen-bond acceptors (Lipinski definition) is 2. The van der Waals surface area contributed by atoms with Crippen LogP contribution in [0.5, 0.6) is 0 Å².